The molecule has 0 heterocycles. The monoisotopic (exact) mass is 220 g/mol. The van der Waals surface area contributed by atoms with Crippen molar-refractivity contribution in [2.24, 2.45) is 0 Å². The average Bonchev–Trinajstić information content (AvgIpc) is 2.29. The number of para-hydroxylation sites is 1. The minimum absolute atomic E-state index is 0.190. The minimum Gasteiger partial charge on any atom is -0.310 e. The van der Waals surface area contributed by atoms with Gasteiger partial charge < -0.3 is 5.32 Å². The number of nitro benzene ring substituents is 1. The van der Waals surface area contributed by atoms with Gasteiger partial charge in [0.1, 0.15) is 0 Å². The zero-order valence-corrected chi connectivity index (χ0v) is 9.35. The van der Waals surface area contributed by atoms with Gasteiger partial charge in [-0.1, -0.05) is 24.3 Å². The number of nitrogens with zero attached hydrogens (tertiary/aromatic N) is 1. The second-order valence-corrected chi connectivity index (χ2v) is 3.61. The Morgan fingerprint density at radius 1 is 1.56 bits per heavy atom. The summed E-state index contributed by atoms with van der Waals surface area (Å²) in [6.45, 7) is 6.36. The van der Waals surface area contributed by atoms with Crippen LogP contribution in [0.2, 0.25) is 0 Å². The highest BCUT2D eigenvalue weighted by Crippen LogP contribution is 2.17. The summed E-state index contributed by atoms with van der Waals surface area (Å²) >= 11 is 0. The Bertz CT molecular complexity index is 377. The van der Waals surface area contributed by atoms with Gasteiger partial charge in [-0.2, -0.15) is 0 Å². The molecule has 1 rings (SSSR count). The first-order chi connectivity index (χ1) is 7.65. The van der Waals surface area contributed by atoms with Crippen molar-refractivity contribution in [1.82, 2.24) is 5.32 Å². The van der Waals surface area contributed by atoms with Crippen LogP contribution in [0, 0.1) is 10.1 Å². The second kappa shape index (κ2) is 6.02. The van der Waals surface area contributed by atoms with Crippen LogP contribution in [0.15, 0.2) is 36.9 Å². The lowest BCUT2D eigenvalue weighted by Crippen LogP contribution is -2.26. The van der Waals surface area contributed by atoms with Gasteiger partial charge in [0.2, 0.25) is 0 Å². The molecule has 4 heteroatoms. The van der Waals surface area contributed by atoms with Crippen LogP contribution in [0.5, 0.6) is 0 Å². The zero-order valence-electron chi connectivity index (χ0n) is 9.35. The maximum absolute atomic E-state index is 10.7. The summed E-state index contributed by atoms with van der Waals surface area (Å²) in [4.78, 5) is 10.4. The van der Waals surface area contributed by atoms with Gasteiger partial charge >= 0.3 is 0 Å². The Balaban J connectivity index is 2.59. The molecule has 0 aliphatic rings. The van der Waals surface area contributed by atoms with Crippen molar-refractivity contribution in [3.8, 4) is 0 Å². The van der Waals surface area contributed by atoms with Crippen molar-refractivity contribution in [3.63, 3.8) is 0 Å². The fourth-order valence-corrected chi connectivity index (χ4v) is 1.42. The van der Waals surface area contributed by atoms with E-state index in [2.05, 4.69) is 11.9 Å². The largest absolute Gasteiger partial charge is 0.310 e. The SMILES string of the molecule is C=CC(C)NCCc1ccccc1[N+](=O)[O-]. The third kappa shape index (κ3) is 3.47. The first-order valence-corrected chi connectivity index (χ1v) is 5.23. The minimum atomic E-state index is -0.341. The molecule has 0 radical (unpaired) electrons. The lowest BCUT2D eigenvalue weighted by atomic mass is 10.1. The van der Waals surface area contributed by atoms with Crippen LogP contribution >= 0.6 is 0 Å². The molecule has 0 aromatic heterocycles. The van der Waals surface area contributed by atoms with E-state index in [9.17, 15) is 10.1 Å². The maximum atomic E-state index is 10.7. The summed E-state index contributed by atoms with van der Waals surface area (Å²) in [6, 6.07) is 7.05. The standard InChI is InChI=1S/C12H16N2O2/c1-3-10(2)13-9-8-11-6-4-5-7-12(11)14(15)16/h3-7,10,13H,1,8-9H2,2H3. The summed E-state index contributed by atoms with van der Waals surface area (Å²) in [5.74, 6) is 0. The van der Waals surface area contributed by atoms with Gasteiger partial charge in [0.05, 0.1) is 4.92 Å². The quantitative estimate of drug-likeness (QED) is 0.454. The summed E-state index contributed by atoms with van der Waals surface area (Å²) in [7, 11) is 0. The summed E-state index contributed by atoms with van der Waals surface area (Å²) < 4.78 is 0. The van der Waals surface area contributed by atoms with E-state index in [1.165, 1.54) is 6.07 Å². The molecule has 1 N–H and O–H groups in total. The fourth-order valence-electron chi connectivity index (χ4n) is 1.42. The second-order valence-electron chi connectivity index (χ2n) is 3.61. The molecule has 0 aliphatic carbocycles. The van der Waals surface area contributed by atoms with Gasteiger partial charge in [-0.25, -0.2) is 0 Å². The Morgan fingerprint density at radius 3 is 2.88 bits per heavy atom. The predicted molar refractivity (Wildman–Crippen MR) is 64.5 cm³/mol. The molecule has 1 unspecified atom stereocenters. The van der Waals surface area contributed by atoms with Gasteiger partial charge in [0, 0.05) is 17.7 Å². The molecule has 1 aromatic carbocycles. The molecule has 1 atom stereocenters. The van der Waals surface area contributed by atoms with Crippen LogP contribution in [0.25, 0.3) is 0 Å². The van der Waals surface area contributed by atoms with Crippen LogP contribution in [0.1, 0.15) is 12.5 Å². The normalized spacial score (nSPS) is 12.1. The van der Waals surface area contributed by atoms with Crippen LogP contribution in [0.3, 0.4) is 0 Å². The molecule has 1 aromatic rings. The van der Waals surface area contributed by atoms with Crippen molar-refractivity contribution < 1.29 is 4.92 Å². The van der Waals surface area contributed by atoms with Crippen molar-refractivity contribution in [2.75, 3.05) is 6.54 Å². The average molecular weight is 220 g/mol. The molecule has 0 amide bonds. The fraction of sp³-hybridized carbons (Fsp3) is 0.333. The van der Waals surface area contributed by atoms with Crippen molar-refractivity contribution in [3.05, 3.63) is 52.6 Å². The zero-order chi connectivity index (χ0) is 12.0. The lowest BCUT2D eigenvalue weighted by molar-refractivity contribution is -0.385. The van der Waals surface area contributed by atoms with E-state index < -0.39 is 0 Å². The van der Waals surface area contributed by atoms with E-state index in [0.717, 1.165) is 5.56 Å². The smallest absolute Gasteiger partial charge is 0.272 e. The number of hydrogen-bond acceptors (Lipinski definition) is 3. The molecule has 0 saturated carbocycles. The van der Waals surface area contributed by atoms with Crippen LogP contribution in [0.4, 0.5) is 5.69 Å². The Hall–Kier alpha value is -1.68. The Labute approximate surface area is 95.1 Å². The van der Waals surface area contributed by atoms with Gasteiger partial charge in [-0.15, -0.1) is 6.58 Å². The topological polar surface area (TPSA) is 55.2 Å². The van der Waals surface area contributed by atoms with Crippen molar-refractivity contribution in [2.45, 2.75) is 19.4 Å². The summed E-state index contributed by atoms with van der Waals surface area (Å²) in [5, 5.41) is 14.0. The first-order valence-electron chi connectivity index (χ1n) is 5.23. The molecule has 0 saturated heterocycles. The van der Waals surface area contributed by atoms with Crippen LogP contribution in [-0.4, -0.2) is 17.5 Å². The highest BCUT2D eigenvalue weighted by Gasteiger charge is 2.11. The summed E-state index contributed by atoms with van der Waals surface area (Å²) in [6.07, 6.45) is 2.45. The van der Waals surface area contributed by atoms with E-state index in [1.807, 2.05) is 13.0 Å². The number of benzene rings is 1. The highest BCUT2D eigenvalue weighted by molar-refractivity contribution is 5.39. The molecule has 0 fully saturated rings. The number of nitrogens with one attached hydrogen (secondary N) is 1. The molecular formula is C12H16N2O2. The Morgan fingerprint density at radius 2 is 2.25 bits per heavy atom. The third-order valence-electron chi connectivity index (χ3n) is 2.40. The van der Waals surface area contributed by atoms with E-state index in [0.29, 0.717) is 13.0 Å². The van der Waals surface area contributed by atoms with Crippen molar-refractivity contribution in [1.29, 1.82) is 0 Å². The molecule has 0 bridgehead atoms. The van der Waals surface area contributed by atoms with E-state index in [1.54, 1.807) is 18.2 Å². The highest BCUT2D eigenvalue weighted by atomic mass is 16.6. The van der Waals surface area contributed by atoms with Gasteiger partial charge in [0.15, 0.2) is 0 Å². The van der Waals surface area contributed by atoms with Crippen LogP contribution in [-0.2, 0) is 6.42 Å². The molecule has 0 spiro atoms. The van der Waals surface area contributed by atoms with Crippen LogP contribution < -0.4 is 5.32 Å². The maximum Gasteiger partial charge on any atom is 0.272 e. The number of rotatable bonds is 6. The number of hydrogen-bond donors (Lipinski definition) is 1. The lowest BCUT2D eigenvalue weighted by Gasteiger charge is -2.08. The third-order valence-corrected chi connectivity index (χ3v) is 2.40. The van der Waals surface area contributed by atoms with E-state index in [4.69, 9.17) is 0 Å². The molecule has 4 nitrogen and oxygen atoms in total. The Kier molecular flexibility index (Phi) is 4.66. The van der Waals surface area contributed by atoms with E-state index in [-0.39, 0.29) is 16.7 Å². The molecule has 16 heavy (non-hydrogen) atoms. The first kappa shape index (κ1) is 12.4. The van der Waals surface area contributed by atoms with E-state index >= 15 is 0 Å². The molecule has 0 aliphatic heterocycles. The summed E-state index contributed by atoms with van der Waals surface area (Å²) in [5.41, 5.74) is 0.951. The van der Waals surface area contributed by atoms with Gasteiger partial charge in [-0.05, 0) is 19.9 Å². The van der Waals surface area contributed by atoms with Crippen molar-refractivity contribution >= 4 is 5.69 Å². The molecule has 86 valence electrons. The van der Waals surface area contributed by atoms with Gasteiger partial charge in [0.25, 0.3) is 5.69 Å². The number of nitro groups is 1. The van der Waals surface area contributed by atoms with Gasteiger partial charge in [-0.3, -0.25) is 10.1 Å². The molecular weight excluding hydrogens is 204 g/mol. The predicted octanol–water partition coefficient (Wildman–Crippen LogP) is 2.30.